The van der Waals surface area contributed by atoms with E-state index in [9.17, 15) is 4.79 Å². The van der Waals surface area contributed by atoms with Crippen molar-refractivity contribution in [2.24, 2.45) is 11.8 Å². The predicted octanol–water partition coefficient (Wildman–Crippen LogP) is 2.13. The molecule has 0 aliphatic heterocycles. The lowest BCUT2D eigenvalue weighted by Crippen LogP contribution is -2.01. The number of rotatable bonds is 4. The molecule has 1 saturated carbocycles. The summed E-state index contributed by atoms with van der Waals surface area (Å²) in [5, 5.41) is 4.16. The zero-order chi connectivity index (χ0) is 10.1. The smallest absolute Gasteiger partial charge is 0.169 e. The highest BCUT2D eigenvalue weighted by Crippen LogP contribution is 2.40. The van der Waals surface area contributed by atoms with Gasteiger partial charge in [-0.2, -0.15) is 5.10 Å². The topological polar surface area (TPSA) is 34.9 Å². The second-order valence-electron chi connectivity index (χ2n) is 4.18. The van der Waals surface area contributed by atoms with Crippen molar-refractivity contribution in [1.29, 1.82) is 0 Å². The first-order valence-corrected chi connectivity index (χ1v) is 5.29. The minimum atomic E-state index is 0.272. The van der Waals surface area contributed by atoms with Crippen LogP contribution in [0.3, 0.4) is 0 Å². The number of aryl methyl sites for hydroxylation is 1. The Morgan fingerprint density at radius 1 is 1.71 bits per heavy atom. The maximum atomic E-state index is 11.8. The Morgan fingerprint density at radius 2 is 2.43 bits per heavy atom. The van der Waals surface area contributed by atoms with E-state index in [2.05, 4.69) is 18.9 Å². The third-order valence-corrected chi connectivity index (χ3v) is 2.82. The first kappa shape index (κ1) is 9.44. The summed E-state index contributed by atoms with van der Waals surface area (Å²) >= 11 is 0. The first-order valence-electron chi connectivity index (χ1n) is 5.29. The van der Waals surface area contributed by atoms with E-state index in [0.717, 1.165) is 24.9 Å². The highest BCUT2D eigenvalue weighted by atomic mass is 16.1. The lowest BCUT2D eigenvalue weighted by Gasteiger charge is -1.95. The molecule has 2 unspecified atom stereocenters. The van der Waals surface area contributed by atoms with E-state index in [0.29, 0.717) is 5.92 Å². The van der Waals surface area contributed by atoms with Crippen LogP contribution < -0.4 is 0 Å². The molecule has 0 aromatic carbocycles. The second-order valence-corrected chi connectivity index (χ2v) is 4.18. The number of aromatic nitrogens is 2. The summed E-state index contributed by atoms with van der Waals surface area (Å²) < 4.78 is 1.85. The van der Waals surface area contributed by atoms with Crippen molar-refractivity contribution < 1.29 is 4.79 Å². The molecule has 1 fully saturated rings. The van der Waals surface area contributed by atoms with Crippen LogP contribution in [0.15, 0.2) is 12.4 Å². The monoisotopic (exact) mass is 192 g/mol. The number of ketones is 1. The summed E-state index contributed by atoms with van der Waals surface area (Å²) in [5.41, 5.74) is 0.785. The van der Waals surface area contributed by atoms with Crippen LogP contribution in [0.25, 0.3) is 0 Å². The molecule has 1 aromatic rings. The van der Waals surface area contributed by atoms with Crippen molar-refractivity contribution in [2.75, 3.05) is 0 Å². The Morgan fingerprint density at radius 3 is 3.00 bits per heavy atom. The van der Waals surface area contributed by atoms with Crippen molar-refractivity contribution in [1.82, 2.24) is 9.78 Å². The minimum absolute atomic E-state index is 0.272. The SMILES string of the molecule is CCCn1cc(C(=O)C2CC2C)cn1. The van der Waals surface area contributed by atoms with E-state index < -0.39 is 0 Å². The summed E-state index contributed by atoms with van der Waals surface area (Å²) in [7, 11) is 0. The maximum Gasteiger partial charge on any atom is 0.169 e. The number of hydrogen-bond donors (Lipinski definition) is 0. The fourth-order valence-electron chi connectivity index (χ4n) is 1.74. The highest BCUT2D eigenvalue weighted by molar-refractivity contribution is 5.99. The van der Waals surface area contributed by atoms with Crippen LogP contribution in [0.1, 0.15) is 37.0 Å². The summed E-state index contributed by atoms with van der Waals surface area (Å²) in [6.45, 7) is 5.12. The number of carbonyl (C=O) groups is 1. The van der Waals surface area contributed by atoms with Gasteiger partial charge in [0.15, 0.2) is 5.78 Å². The van der Waals surface area contributed by atoms with Crippen LogP contribution >= 0.6 is 0 Å². The maximum absolute atomic E-state index is 11.8. The Kier molecular flexibility index (Phi) is 2.40. The normalized spacial score (nSPS) is 25.0. The van der Waals surface area contributed by atoms with Crippen molar-refractivity contribution in [3.05, 3.63) is 18.0 Å². The average molecular weight is 192 g/mol. The number of Topliss-reactive ketones (excluding diaryl/α,β-unsaturated/α-hetero) is 1. The first-order chi connectivity index (χ1) is 6.72. The van der Waals surface area contributed by atoms with Gasteiger partial charge in [0.05, 0.1) is 11.8 Å². The van der Waals surface area contributed by atoms with E-state index in [1.54, 1.807) is 6.20 Å². The van der Waals surface area contributed by atoms with Gasteiger partial charge in [0, 0.05) is 18.7 Å². The summed E-state index contributed by atoms with van der Waals surface area (Å²) in [4.78, 5) is 11.8. The van der Waals surface area contributed by atoms with Gasteiger partial charge in [-0.15, -0.1) is 0 Å². The molecule has 3 nitrogen and oxygen atoms in total. The average Bonchev–Trinajstić information content (AvgIpc) is 2.71. The quantitative estimate of drug-likeness (QED) is 0.685. The van der Waals surface area contributed by atoms with Gasteiger partial charge < -0.3 is 0 Å². The van der Waals surface area contributed by atoms with Gasteiger partial charge in [0.1, 0.15) is 0 Å². The lowest BCUT2D eigenvalue weighted by molar-refractivity contribution is 0.0962. The molecule has 1 aliphatic rings. The molecule has 0 radical (unpaired) electrons. The van der Waals surface area contributed by atoms with Crippen LogP contribution in [-0.2, 0) is 6.54 Å². The van der Waals surface area contributed by atoms with Crippen molar-refractivity contribution in [2.45, 2.75) is 33.2 Å². The molecule has 0 saturated heterocycles. The van der Waals surface area contributed by atoms with Gasteiger partial charge in [0.2, 0.25) is 0 Å². The third kappa shape index (κ3) is 1.72. The predicted molar refractivity (Wildman–Crippen MR) is 54.1 cm³/mol. The van der Waals surface area contributed by atoms with Gasteiger partial charge in [-0.05, 0) is 18.8 Å². The van der Waals surface area contributed by atoms with Crippen molar-refractivity contribution >= 4 is 5.78 Å². The van der Waals surface area contributed by atoms with Crippen molar-refractivity contribution in [3.8, 4) is 0 Å². The van der Waals surface area contributed by atoms with E-state index in [4.69, 9.17) is 0 Å². The molecule has 0 spiro atoms. The molecule has 2 atom stereocenters. The summed E-state index contributed by atoms with van der Waals surface area (Å²) in [6, 6.07) is 0. The fourth-order valence-corrected chi connectivity index (χ4v) is 1.74. The largest absolute Gasteiger partial charge is 0.294 e. The van der Waals surface area contributed by atoms with Crippen LogP contribution in [-0.4, -0.2) is 15.6 Å². The van der Waals surface area contributed by atoms with Gasteiger partial charge in [0.25, 0.3) is 0 Å². The molecule has 1 heterocycles. The number of nitrogens with zero attached hydrogens (tertiary/aromatic N) is 2. The summed E-state index contributed by atoms with van der Waals surface area (Å²) in [5.74, 6) is 1.13. The second kappa shape index (κ2) is 3.56. The molecular formula is C11H16N2O. The number of carbonyl (C=O) groups excluding carboxylic acids is 1. The van der Waals surface area contributed by atoms with Crippen LogP contribution in [0.2, 0.25) is 0 Å². The standard InChI is InChI=1S/C11H16N2O/c1-3-4-13-7-9(6-12-13)11(14)10-5-8(10)2/h6-8,10H,3-5H2,1-2H3. The Bertz CT molecular complexity index is 343. The van der Waals surface area contributed by atoms with Crippen molar-refractivity contribution in [3.63, 3.8) is 0 Å². The highest BCUT2D eigenvalue weighted by Gasteiger charge is 2.39. The van der Waals surface area contributed by atoms with Gasteiger partial charge in [-0.25, -0.2) is 0 Å². The zero-order valence-electron chi connectivity index (χ0n) is 8.73. The number of hydrogen-bond acceptors (Lipinski definition) is 2. The molecular weight excluding hydrogens is 176 g/mol. The molecule has 0 amide bonds. The Hall–Kier alpha value is -1.12. The molecule has 1 aliphatic carbocycles. The minimum Gasteiger partial charge on any atom is -0.294 e. The zero-order valence-corrected chi connectivity index (χ0v) is 8.73. The van der Waals surface area contributed by atoms with Gasteiger partial charge in [-0.1, -0.05) is 13.8 Å². The summed E-state index contributed by atoms with van der Waals surface area (Å²) in [6.07, 6.45) is 5.67. The van der Waals surface area contributed by atoms with Gasteiger partial charge in [-0.3, -0.25) is 9.48 Å². The molecule has 0 bridgehead atoms. The molecule has 76 valence electrons. The molecule has 2 rings (SSSR count). The molecule has 0 N–H and O–H groups in total. The van der Waals surface area contributed by atoms with E-state index in [1.807, 2.05) is 10.9 Å². The lowest BCUT2D eigenvalue weighted by atomic mass is 10.1. The van der Waals surface area contributed by atoms with Crippen LogP contribution in [0.5, 0.6) is 0 Å². The van der Waals surface area contributed by atoms with Crippen LogP contribution in [0, 0.1) is 11.8 Å². The van der Waals surface area contributed by atoms with Gasteiger partial charge >= 0.3 is 0 Å². The molecule has 3 heteroatoms. The molecule has 1 aromatic heterocycles. The van der Waals surface area contributed by atoms with E-state index >= 15 is 0 Å². The van der Waals surface area contributed by atoms with E-state index in [1.165, 1.54) is 0 Å². The Balaban J connectivity index is 2.05. The van der Waals surface area contributed by atoms with E-state index in [-0.39, 0.29) is 11.7 Å². The molecule has 14 heavy (non-hydrogen) atoms. The third-order valence-electron chi connectivity index (χ3n) is 2.82. The Labute approximate surface area is 84.1 Å². The van der Waals surface area contributed by atoms with Crippen LogP contribution in [0.4, 0.5) is 0 Å². The fraction of sp³-hybridized carbons (Fsp3) is 0.636.